The van der Waals surface area contributed by atoms with Crippen LogP contribution in [0.5, 0.6) is 0 Å². The van der Waals surface area contributed by atoms with Gasteiger partial charge in [-0.25, -0.2) is 4.98 Å². The lowest BCUT2D eigenvalue weighted by Gasteiger charge is -1.76. The number of hydrogen-bond donors (Lipinski definition) is 0. The van der Waals surface area contributed by atoms with Crippen LogP contribution in [0.3, 0.4) is 0 Å². The van der Waals surface area contributed by atoms with Crippen molar-refractivity contribution in [2.24, 2.45) is 4.99 Å². The Balaban J connectivity index is 0.000000133. The number of hydrogen-bond acceptors (Lipinski definition) is 10. The van der Waals surface area contributed by atoms with Crippen molar-refractivity contribution >= 4 is 17.9 Å². The monoisotopic (exact) mass is 296 g/mol. The fourth-order valence-electron chi connectivity index (χ4n) is 0.711. The van der Waals surface area contributed by atoms with Crippen LogP contribution in [0.25, 0.3) is 0 Å². The van der Waals surface area contributed by atoms with Crippen molar-refractivity contribution < 1.29 is 13.7 Å². The number of nitrogens with zero attached hydrogens (tertiary/aromatic N) is 6. The zero-order chi connectivity index (χ0) is 14.1. The molecule has 0 bridgehead atoms. The van der Waals surface area contributed by atoms with Crippen LogP contribution in [0.15, 0.2) is 56.8 Å². The minimum Gasteiger partial charge on any atom is -0.482 e. The lowest BCUT2D eigenvalue weighted by molar-refractivity contribution is 0.361. The molecule has 20 heavy (non-hydrogen) atoms. The maximum atomic E-state index is 4.65. The smallest absolute Gasteiger partial charge is 0.180 e. The zero-order valence-electron chi connectivity index (χ0n) is 10.3. The fourth-order valence-corrected chi connectivity index (χ4v) is 0.984. The molecule has 4 heterocycles. The second-order valence-corrected chi connectivity index (χ2v) is 3.38. The molecule has 0 N–H and O–H groups in total. The van der Waals surface area contributed by atoms with Crippen LogP contribution in [0.1, 0.15) is 0 Å². The first-order valence-electron chi connectivity index (χ1n) is 5.34. The minimum absolute atomic E-state index is 0.778. The quantitative estimate of drug-likeness (QED) is 0.610. The van der Waals surface area contributed by atoms with Gasteiger partial charge in [-0.15, -0.1) is 10.2 Å². The predicted octanol–water partition coefficient (Wildman–Crippen LogP) is 1.33. The van der Waals surface area contributed by atoms with Crippen molar-refractivity contribution in [3.05, 3.63) is 42.9 Å². The van der Waals surface area contributed by atoms with Gasteiger partial charge in [0.15, 0.2) is 12.8 Å². The summed E-state index contributed by atoms with van der Waals surface area (Å²) in [6.45, 7) is 1.62. The second-order valence-electron chi connectivity index (χ2n) is 2.73. The van der Waals surface area contributed by atoms with Crippen LogP contribution in [-0.4, -0.2) is 44.5 Å². The largest absolute Gasteiger partial charge is 0.482 e. The molecular formula is C10H12N6O3S. The average molecular weight is 296 g/mol. The molecule has 3 aromatic heterocycles. The summed E-state index contributed by atoms with van der Waals surface area (Å²) in [5.74, 6) is 0. The summed E-state index contributed by atoms with van der Waals surface area (Å²) in [6.07, 6.45) is 10.5. The maximum Gasteiger partial charge on any atom is 0.180 e. The van der Waals surface area contributed by atoms with Gasteiger partial charge in [0.25, 0.3) is 0 Å². The van der Waals surface area contributed by atoms with Crippen LogP contribution in [-0.2, 0) is 4.74 Å². The third-order valence-electron chi connectivity index (χ3n) is 1.40. The highest BCUT2D eigenvalue weighted by atomic mass is 32.1. The molecule has 0 radical (unpaired) electrons. The summed E-state index contributed by atoms with van der Waals surface area (Å²) < 4.78 is 16.9. The number of aromatic nitrogens is 5. The van der Waals surface area contributed by atoms with Gasteiger partial charge in [0.05, 0.1) is 25.1 Å². The van der Waals surface area contributed by atoms with Crippen molar-refractivity contribution in [3.8, 4) is 0 Å². The van der Waals surface area contributed by atoms with Crippen molar-refractivity contribution in [2.75, 3.05) is 13.2 Å². The van der Waals surface area contributed by atoms with Crippen molar-refractivity contribution in [1.82, 2.24) is 24.9 Å². The Morgan fingerprint density at radius 3 is 2.25 bits per heavy atom. The van der Waals surface area contributed by atoms with Gasteiger partial charge in [-0.3, -0.25) is 4.99 Å². The van der Waals surface area contributed by atoms with Crippen LogP contribution in [0, 0.1) is 0 Å². The number of oxazole rings is 1. The highest BCUT2D eigenvalue weighted by Gasteiger charge is 1.84. The Kier molecular flexibility index (Phi) is 9.90. The third kappa shape index (κ3) is 10.5. The molecule has 0 saturated heterocycles. The van der Waals surface area contributed by atoms with Crippen LogP contribution in [0.4, 0.5) is 0 Å². The maximum absolute atomic E-state index is 4.65. The van der Waals surface area contributed by atoms with Gasteiger partial charge >= 0.3 is 0 Å². The van der Waals surface area contributed by atoms with Crippen LogP contribution in [0.2, 0.25) is 0 Å². The Bertz CT molecular complexity index is 365. The predicted molar refractivity (Wildman–Crippen MR) is 70.0 cm³/mol. The van der Waals surface area contributed by atoms with Crippen LogP contribution >= 0.6 is 11.5 Å². The third-order valence-corrected chi connectivity index (χ3v) is 1.83. The summed E-state index contributed by atoms with van der Waals surface area (Å²) in [5, 5.41) is 11.7. The van der Waals surface area contributed by atoms with E-state index in [0.29, 0.717) is 0 Å². The molecule has 0 spiro atoms. The van der Waals surface area contributed by atoms with E-state index in [1.165, 1.54) is 43.0 Å². The topological polar surface area (TPSA) is 112 Å². The summed E-state index contributed by atoms with van der Waals surface area (Å²) >= 11 is 1.35. The molecule has 0 unspecified atom stereocenters. The van der Waals surface area contributed by atoms with Gasteiger partial charge in [0.2, 0.25) is 0 Å². The lowest BCUT2D eigenvalue weighted by Crippen LogP contribution is -1.80. The summed E-state index contributed by atoms with van der Waals surface area (Å²) in [7, 11) is 0. The molecule has 0 aromatic carbocycles. The number of aliphatic imine (C=N–C) groups is 1. The van der Waals surface area contributed by atoms with E-state index in [0.717, 1.165) is 13.2 Å². The molecule has 10 heteroatoms. The van der Waals surface area contributed by atoms with E-state index in [4.69, 9.17) is 0 Å². The Labute approximate surface area is 118 Å². The molecule has 0 aliphatic carbocycles. The van der Waals surface area contributed by atoms with Gasteiger partial charge in [-0.05, 0) is 11.5 Å². The lowest BCUT2D eigenvalue weighted by atomic mass is 10.8. The second kappa shape index (κ2) is 12.8. The van der Waals surface area contributed by atoms with E-state index in [1.807, 2.05) is 5.38 Å². The molecule has 0 amide bonds. The van der Waals surface area contributed by atoms with E-state index in [1.54, 1.807) is 12.4 Å². The number of rotatable bonds is 0. The molecular weight excluding hydrogens is 284 g/mol. The average Bonchev–Trinajstić information content (AvgIpc) is 3.40. The molecule has 4 rings (SSSR count). The first kappa shape index (κ1) is 15.4. The number of ether oxygens (including phenoxy) is 1. The Morgan fingerprint density at radius 1 is 1.05 bits per heavy atom. The van der Waals surface area contributed by atoms with Crippen LogP contribution < -0.4 is 0 Å². The molecule has 3 aromatic rings. The van der Waals surface area contributed by atoms with Crippen molar-refractivity contribution in [3.63, 3.8) is 0 Å². The normalized spacial score (nSPS) is 10.8. The van der Waals surface area contributed by atoms with E-state index < -0.39 is 0 Å². The molecule has 106 valence electrons. The summed E-state index contributed by atoms with van der Waals surface area (Å²) in [5.41, 5.74) is 0. The summed E-state index contributed by atoms with van der Waals surface area (Å²) in [6, 6.07) is 0. The highest BCUT2D eigenvalue weighted by molar-refractivity contribution is 7.03. The first-order chi connectivity index (χ1) is 10.0. The molecule has 1 aliphatic rings. The Morgan fingerprint density at radius 2 is 2.05 bits per heavy atom. The SMILES string of the molecule is C1=NCCO1.c1cocn1.c1conn1.c1csnn1. The van der Waals surface area contributed by atoms with E-state index in [-0.39, 0.29) is 0 Å². The van der Waals surface area contributed by atoms with Gasteiger partial charge in [-0.2, -0.15) is 0 Å². The Hall–Kier alpha value is -2.62. The molecule has 1 aliphatic heterocycles. The molecule has 9 nitrogen and oxygen atoms in total. The fraction of sp³-hybridized carbons (Fsp3) is 0.200. The van der Waals surface area contributed by atoms with Gasteiger partial charge in [0.1, 0.15) is 19.1 Å². The van der Waals surface area contributed by atoms with E-state index in [9.17, 15) is 0 Å². The highest BCUT2D eigenvalue weighted by Crippen LogP contribution is 1.79. The minimum atomic E-state index is 0.778. The first-order valence-corrected chi connectivity index (χ1v) is 6.18. The van der Waals surface area contributed by atoms with Gasteiger partial charge < -0.3 is 13.7 Å². The summed E-state index contributed by atoms with van der Waals surface area (Å²) in [4.78, 5) is 7.29. The molecule has 0 saturated carbocycles. The zero-order valence-corrected chi connectivity index (χ0v) is 11.2. The van der Waals surface area contributed by atoms with E-state index in [2.05, 4.69) is 43.6 Å². The van der Waals surface area contributed by atoms with Gasteiger partial charge in [-0.1, -0.05) is 4.49 Å². The van der Waals surface area contributed by atoms with Crippen molar-refractivity contribution in [2.45, 2.75) is 0 Å². The molecule has 0 atom stereocenters. The molecule has 0 fully saturated rings. The standard InChI is InChI=1S/C3H5NO.C3H3NO.C2H2N2O.C2H2N2S/c2*1-2-5-3-4-1;2*1-2-5-4-3-1/h3H,1-2H2;1-3H;2*1-2H. The van der Waals surface area contributed by atoms with Gasteiger partial charge in [0, 0.05) is 10.7 Å². The van der Waals surface area contributed by atoms with E-state index >= 15 is 0 Å². The van der Waals surface area contributed by atoms with Crippen molar-refractivity contribution in [1.29, 1.82) is 0 Å².